The standard InChI is InChI=1S/C36H45ClFN5O2/c1-5-43(6-2)21-9-10-25(3)41-35-30-17-14-27(37)22-32(30)42-36-31(35)23-29(45-4)24-33(36)39-19-7-8-20-40-34(44)18-13-26-11-15-28(38)16-12-26/h11-18,22-25,39H,5-10,19-21H2,1-4H3,(H,40,44)(H,41,42)/b18-13+. The third-order valence-corrected chi connectivity index (χ3v) is 8.20. The number of pyridine rings is 1. The van der Waals surface area contributed by atoms with Crippen LogP contribution < -0.4 is 20.7 Å². The van der Waals surface area contributed by atoms with Gasteiger partial charge in [0.2, 0.25) is 5.91 Å². The van der Waals surface area contributed by atoms with E-state index < -0.39 is 0 Å². The molecule has 4 aromatic rings. The molecule has 4 rings (SSSR count). The SMILES string of the molecule is CCN(CC)CCCC(C)Nc1c2ccc(Cl)cc2nc2c(NCCCCNC(=O)/C=C/c3ccc(F)cc3)cc(OC)cc12. The molecule has 0 saturated carbocycles. The summed E-state index contributed by atoms with van der Waals surface area (Å²) >= 11 is 6.40. The van der Waals surface area contributed by atoms with Crippen LogP contribution in [0.3, 0.4) is 0 Å². The molecule has 45 heavy (non-hydrogen) atoms. The lowest BCUT2D eigenvalue weighted by Crippen LogP contribution is -2.25. The molecular formula is C36H45ClFN5O2. The maximum Gasteiger partial charge on any atom is 0.243 e. The number of benzene rings is 3. The van der Waals surface area contributed by atoms with Crippen LogP contribution in [0.2, 0.25) is 5.02 Å². The minimum atomic E-state index is -0.302. The van der Waals surface area contributed by atoms with E-state index in [9.17, 15) is 9.18 Å². The third kappa shape index (κ3) is 9.80. The number of halogens is 2. The number of aromatic nitrogens is 1. The Kier molecular flexibility index (Phi) is 12.8. The van der Waals surface area contributed by atoms with Crippen LogP contribution in [0.5, 0.6) is 5.75 Å². The first kappa shape index (κ1) is 34.0. The Morgan fingerprint density at radius 3 is 2.51 bits per heavy atom. The normalized spacial score (nSPS) is 12.2. The molecule has 1 heterocycles. The third-order valence-electron chi connectivity index (χ3n) is 7.96. The molecule has 3 aromatic carbocycles. The van der Waals surface area contributed by atoms with Crippen LogP contribution in [0.15, 0.2) is 60.7 Å². The van der Waals surface area contributed by atoms with E-state index in [1.807, 2.05) is 30.3 Å². The van der Waals surface area contributed by atoms with Crippen LogP contribution in [0, 0.1) is 5.82 Å². The maximum absolute atomic E-state index is 13.1. The Morgan fingerprint density at radius 2 is 1.78 bits per heavy atom. The Labute approximate surface area is 271 Å². The van der Waals surface area contributed by atoms with E-state index in [-0.39, 0.29) is 17.8 Å². The molecule has 0 bridgehead atoms. The lowest BCUT2D eigenvalue weighted by atomic mass is 10.0. The summed E-state index contributed by atoms with van der Waals surface area (Å²) in [6.45, 7) is 11.1. The van der Waals surface area contributed by atoms with Crippen molar-refractivity contribution in [2.75, 3.05) is 50.5 Å². The summed E-state index contributed by atoms with van der Waals surface area (Å²) in [4.78, 5) is 19.7. The van der Waals surface area contributed by atoms with Crippen molar-refractivity contribution in [3.8, 4) is 5.75 Å². The summed E-state index contributed by atoms with van der Waals surface area (Å²) in [6, 6.07) is 16.1. The van der Waals surface area contributed by atoms with Crippen molar-refractivity contribution in [2.45, 2.75) is 52.5 Å². The molecule has 1 unspecified atom stereocenters. The topological polar surface area (TPSA) is 78.5 Å². The van der Waals surface area contributed by atoms with Gasteiger partial charge in [-0.25, -0.2) is 9.37 Å². The Bertz CT molecular complexity index is 1590. The zero-order chi connectivity index (χ0) is 32.2. The fourth-order valence-electron chi connectivity index (χ4n) is 5.37. The maximum atomic E-state index is 13.1. The fraction of sp³-hybridized carbons (Fsp3) is 0.389. The molecule has 3 N–H and O–H groups in total. The number of anilines is 2. The summed E-state index contributed by atoms with van der Waals surface area (Å²) in [5, 5.41) is 12.9. The molecule has 1 atom stereocenters. The Balaban J connectivity index is 1.44. The van der Waals surface area contributed by atoms with Crippen LogP contribution >= 0.6 is 11.6 Å². The van der Waals surface area contributed by atoms with E-state index in [1.165, 1.54) is 18.2 Å². The van der Waals surface area contributed by atoms with Gasteiger partial charge in [0, 0.05) is 47.1 Å². The minimum absolute atomic E-state index is 0.178. The van der Waals surface area contributed by atoms with Gasteiger partial charge in [-0.2, -0.15) is 0 Å². The number of nitrogens with one attached hydrogen (secondary N) is 3. The number of unbranched alkanes of at least 4 members (excludes halogenated alkanes) is 1. The summed E-state index contributed by atoms with van der Waals surface area (Å²) in [7, 11) is 1.68. The summed E-state index contributed by atoms with van der Waals surface area (Å²) in [5.74, 6) is 0.268. The zero-order valence-corrected chi connectivity index (χ0v) is 27.5. The van der Waals surface area contributed by atoms with E-state index in [0.717, 1.165) is 89.8 Å². The summed E-state index contributed by atoms with van der Waals surface area (Å²) in [5.41, 5.74) is 4.36. The molecule has 1 aromatic heterocycles. The van der Waals surface area contributed by atoms with E-state index in [2.05, 4.69) is 41.6 Å². The molecule has 0 aliphatic carbocycles. The van der Waals surface area contributed by atoms with Crippen molar-refractivity contribution in [2.24, 2.45) is 0 Å². The highest BCUT2D eigenvalue weighted by Gasteiger charge is 2.16. The number of rotatable bonds is 17. The molecule has 7 nitrogen and oxygen atoms in total. The summed E-state index contributed by atoms with van der Waals surface area (Å²) < 4.78 is 18.8. The quantitative estimate of drug-likeness (QED) is 0.0619. The van der Waals surface area contributed by atoms with Crippen molar-refractivity contribution in [3.63, 3.8) is 0 Å². The number of amides is 1. The first-order valence-corrected chi connectivity index (χ1v) is 16.2. The van der Waals surface area contributed by atoms with Crippen LogP contribution in [0.1, 0.15) is 52.0 Å². The highest BCUT2D eigenvalue weighted by atomic mass is 35.5. The Hall–Kier alpha value is -3.88. The molecule has 240 valence electrons. The number of carbonyl (C=O) groups is 1. The molecule has 0 aliphatic heterocycles. The second kappa shape index (κ2) is 17.0. The molecule has 0 radical (unpaired) electrons. The average molecular weight is 634 g/mol. The highest BCUT2D eigenvalue weighted by Crippen LogP contribution is 2.38. The number of nitrogens with zero attached hydrogens (tertiary/aromatic N) is 2. The lowest BCUT2D eigenvalue weighted by Gasteiger charge is -2.22. The molecular weight excluding hydrogens is 589 g/mol. The predicted molar refractivity (Wildman–Crippen MR) is 187 cm³/mol. The average Bonchev–Trinajstić information content (AvgIpc) is 3.04. The van der Waals surface area contributed by atoms with E-state index in [4.69, 9.17) is 21.3 Å². The van der Waals surface area contributed by atoms with Crippen molar-refractivity contribution in [1.29, 1.82) is 0 Å². The number of ether oxygens (including phenoxy) is 1. The minimum Gasteiger partial charge on any atom is -0.497 e. The lowest BCUT2D eigenvalue weighted by molar-refractivity contribution is -0.116. The van der Waals surface area contributed by atoms with Gasteiger partial charge in [-0.3, -0.25) is 4.79 Å². The van der Waals surface area contributed by atoms with Gasteiger partial charge in [0.15, 0.2) is 0 Å². The van der Waals surface area contributed by atoms with Crippen molar-refractivity contribution < 1.29 is 13.9 Å². The predicted octanol–water partition coefficient (Wildman–Crippen LogP) is 8.13. The van der Waals surface area contributed by atoms with Crippen LogP contribution in [-0.4, -0.2) is 61.7 Å². The second-order valence-electron chi connectivity index (χ2n) is 11.2. The van der Waals surface area contributed by atoms with Crippen molar-refractivity contribution in [1.82, 2.24) is 15.2 Å². The monoisotopic (exact) mass is 633 g/mol. The van der Waals surface area contributed by atoms with Gasteiger partial charge in [-0.15, -0.1) is 0 Å². The molecule has 0 saturated heterocycles. The molecule has 9 heteroatoms. The van der Waals surface area contributed by atoms with Crippen LogP contribution in [0.4, 0.5) is 15.8 Å². The number of carbonyl (C=O) groups excluding carboxylic acids is 1. The smallest absolute Gasteiger partial charge is 0.243 e. The second-order valence-corrected chi connectivity index (χ2v) is 11.7. The van der Waals surface area contributed by atoms with E-state index in [1.54, 1.807) is 25.3 Å². The van der Waals surface area contributed by atoms with Gasteiger partial charge in [-0.05, 0) is 100 Å². The number of fused-ring (bicyclic) bond motifs is 2. The first-order valence-electron chi connectivity index (χ1n) is 15.9. The first-order chi connectivity index (χ1) is 21.8. The number of methoxy groups -OCH3 is 1. The molecule has 1 amide bonds. The van der Waals surface area contributed by atoms with E-state index >= 15 is 0 Å². The number of hydrogen-bond donors (Lipinski definition) is 3. The van der Waals surface area contributed by atoms with Gasteiger partial charge >= 0.3 is 0 Å². The molecule has 0 spiro atoms. The zero-order valence-electron chi connectivity index (χ0n) is 26.8. The Morgan fingerprint density at radius 1 is 1.02 bits per heavy atom. The summed E-state index contributed by atoms with van der Waals surface area (Å²) in [6.07, 6.45) is 6.94. The molecule has 0 fully saturated rings. The fourth-order valence-corrected chi connectivity index (χ4v) is 5.54. The van der Waals surface area contributed by atoms with Crippen molar-refractivity contribution >= 4 is 56.8 Å². The van der Waals surface area contributed by atoms with Gasteiger partial charge in [0.1, 0.15) is 11.6 Å². The van der Waals surface area contributed by atoms with Crippen molar-refractivity contribution in [3.05, 3.63) is 77.1 Å². The largest absolute Gasteiger partial charge is 0.497 e. The van der Waals surface area contributed by atoms with Gasteiger partial charge in [-0.1, -0.05) is 37.6 Å². The van der Waals surface area contributed by atoms with Crippen LogP contribution in [0.25, 0.3) is 27.9 Å². The van der Waals surface area contributed by atoms with Crippen LogP contribution in [-0.2, 0) is 4.79 Å². The highest BCUT2D eigenvalue weighted by molar-refractivity contribution is 6.31. The number of hydrogen-bond acceptors (Lipinski definition) is 6. The van der Waals surface area contributed by atoms with Gasteiger partial charge < -0.3 is 25.6 Å². The van der Waals surface area contributed by atoms with E-state index in [0.29, 0.717) is 18.1 Å². The molecule has 0 aliphatic rings. The van der Waals surface area contributed by atoms with Gasteiger partial charge in [0.05, 0.1) is 29.5 Å². The van der Waals surface area contributed by atoms with Gasteiger partial charge in [0.25, 0.3) is 0 Å².